The molecule has 2 fully saturated rings. The van der Waals surface area contributed by atoms with Crippen LogP contribution in [-0.2, 0) is 10.2 Å². The van der Waals surface area contributed by atoms with Gasteiger partial charge in [-0.2, -0.15) is 0 Å². The normalized spacial score (nSPS) is 19.6. The van der Waals surface area contributed by atoms with Gasteiger partial charge < -0.3 is 9.64 Å². The van der Waals surface area contributed by atoms with Gasteiger partial charge in [0.05, 0.1) is 18.2 Å². The zero-order valence-electron chi connectivity index (χ0n) is 17.7. The molecule has 0 bridgehead atoms. The number of hydrogen-bond acceptors (Lipinski definition) is 5. The third kappa shape index (κ3) is 3.67. The van der Waals surface area contributed by atoms with Crippen molar-refractivity contribution in [2.75, 3.05) is 20.2 Å². The van der Waals surface area contributed by atoms with Crippen LogP contribution in [0.3, 0.4) is 0 Å². The van der Waals surface area contributed by atoms with Crippen molar-refractivity contribution in [2.45, 2.75) is 37.0 Å². The Labute approximate surface area is 182 Å². The first-order valence-corrected chi connectivity index (χ1v) is 10.9. The maximum absolute atomic E-state index is 13.6. The Kier molecular flexibility index (Phi) is 5.14. The van der Waals surface area contributed by atoms with E-state index in [0.717, 1.165) is 60.4 Å². The van der Waals surface area contributed by atoms with Crippen LogP contribution >= 0.6 is 0 Å². The first-order valence-electron chi connectivity index (χ1n) is 10.9. The van der Waals surface area contributed by atoms with E-state index < -0.39 is 0 Å². The van der Waals surface area contributed by atoms with Crippen molar-refractivity contribution >= 4 is 5.91 Å². The van der Waals surface area contributed by atoms with E-state index in [9.17, 15) is 4.79 Å². The van der Waals surface area contributed by atoms with Crippen molar-refractivity contribution in [1.82, 2.24) is 19.9 Å². The van der Waals surface area contributed by atoms with Crippen LogP contribution in [0, 0.1) is 0 Å². The number of carbonyl (C=O) groups excluding carboxylic acids is 1. The minimum Gasteiger partial charge on any atom is -0.497 e. The van der Waals surface area contributed by atoms with Crippen molar-refractivity contribution < 1.29 is 9.53 Å². The summed E-state index contributed by atoms with van der Waals surface area (Å²) in [4.78, 5) is 28.7. The van der Waals surface area contributed by atoms with Gasteiger partial charge in [-0.25, -0.2) is 9.97 Å². The summed E-state index contributed by atoms with van der Waals surface area (Å²) < 4.78 is 5.28. The number of amides is 1. The number of methoxy groups -OCH3 is 1. The zero-order chi connectivity index (χ0) is 21.3. The van der Waals surface area contributed by atoms with Crippen LogP contribution < -0.4 is 4.74 Å². The number of likely N-dealkylation sites (tertiary alicyclic amines) is 1. The fraction of sp³-hybridized carbons (Fsp3) is 0.360. The lowest BCUT2D eigenvalue weighted by Crippen LogP contribution is -2.44. The van der Waals surface area contributed by atoms with E-state index in [-0.39, 0.29) is 17.2 Å². The standard InChI is InChI=1S/C25H26N4O2/c1-31-21-6-4-20(5-7-21)25(10-11-25)24(30)29-14-2-3-19(16-29)23-22(15-27-17-28-23)18-8-12-26-13-9-18/h4-9,12-13,15,17,19H,2-3,10-11,14,16H2,1H3/t19-/m0/s1. The van der Waals surface area contributed by atoms with E-state index >= 15 is 0 Å². The monoisotopic (exact) mass is 414 g/mol. The molecule has 3 heterocycles. The van der Waals surface area contributed by atoms with E-state index in [1.54, 1.807) is 25.8 Å². The molecule has 31 heavy (non-hydrogen) atoms. The fourth-order valence-corrected chi connectivity index (χ4v) is 4.77. The van der Waals surface area contributed by atoms with E-state index in [2.05, 4.69) is 19.9 Å². The summed E-state index contributed by atoms with van der Waals surface area (Å²) in [6, 6.07) is 11.9. The van der Waals surface area contributed by atoms with Gasteiger partial charge in [-0.1, -0.05) is 12.1 Å². The lowest BCUT2D eigenvalue weighted by molar-refractivity contribution is -0.135. The molecular formula is C25H26N4O2. The summed E-state index contributed by atoms with van der Waals surface area (Å²) >= 11 is 0. The molecule has 0 unspecified atom stereocenters. The average Bonchev–Trinajstić information content (AvgIpc) is 3.66. The Bertz CT molecular complexity index is 1060. The van der Waals surface area contributed by atoms with Crippen LogP contribution in [0.15, 0.2) is 61.3 Å². The molecule has 1 saturated heterocycles. The number of nitrogens with zero attached hydrogens (tertiary/aromatic N) is 4. The summed E-state index contributed by atoms with van der Waals surface area (Å²) in [6.45, 7) is 1.51. The minimum absolute atomic E-state index is 0.204. The van der Waals surface area contributed by atoms with Gasteiger partial charge in [-0.15, -0.1) is 0 Å². The largest absolute Gasteiger partial charge is 0.497 e. The van der Waals surface area contributed by atoms with Gasteiger partial charge in [0.15, 0.2) is 0 Å². The maximum Gasteiger partial charge on any atom is 0.233 e. The summed E-state index contributed by atoms with van der Waals surface area (Å²) in [5, 5.41) is 0. The summed E-state index contributed by atoms with van der Waals surface area (Å²) in [7, 11) is 1.66. The van der Waals surface area contributed by atoms with Crippen LogP contribution in [0.4, 0.5) is 0 Å². The highest BCUT2D eigenvalue weighted by atomic mass is 16.5. The Morgan fingerprint density at radius 3 is 2.58 bits per heavy atom. The highest BCUT2D eigenvalue weighted by Crippen LogP contribution is 2.50. The van der Waals surface area contributed by atoms with Gasteiger partial charge in [0.1, 0.15) is 12.1 Å². The SMILES string of the molecule is COc1ccc(C2(C(=O)N3CCC[C@H](c4ncncc4-c4ccncc4)C3)CC2)cc1. The Morgan fingerprint density at radius 1 is 1.10 bits per heavy atom. The number of aromatic nitrogens is 3. The molecule has 1 aliphatic heterocycles. The van der Waals surface area contributed by atoms with E-state index in [1.165, 1.54) is 0 Å². The minimum atomic E-state index is -0.367. The molecule has 1 saturated carbocycles. The number of pyridine rings is 1. The van der Waals surface area contributed by atoms with E-state index in [1.807, 2.05) is 42.6 Å². The van der Waals surface area contributed by atoms with Crippen molar-refractivity contribution in [1.29, 1.82) is 0 Å². The maximum atomic E-state index is 13.6. The topological polar surface area (TPSA) is 68.2 Å². The van der Waals surface area contributed by atoms with Gasteiger partial charge in [-0.3, -0.25) is 9.78 Å². The molecule has 1 amide bonds. The zero-order valence-corrected chi connectivity index (χ0v) is 17.7. The first kappa shape index (κ1) is 19.7. The molecule has 0 radical (unpaired) electrons. The van der Waals surface area contributed by atoms with Gasteiger partial charge in [0.2, 0.25) is 5.91 Å². The molecule has 2 aromatic heterocycles. The van der Waals surface area contributed by atoms with Crippen molar-refractivity contribution in [3.05, 3.63) is 72.6 Å². The number of piperidine rings is 1. The lowest BCUT2D eigenvalue weighted by atomic mass is 9.88. The van der Waals surface area contributed by atoms with Gasteiger partial charge in [0, 0.05) is 43.2 Å². The molecule has 0 spiro atoms. The van der Waals surface area contributed by atoms with E-state index in [0.29, 0.717) is 6.54 Å². The predicted octanol–water partition coefficient (Wildman–Crippen LogP) is 3.99. The summed E-state index contributed by atoms with van der Waals surface area (Å²) in [5.41, 5.74) is 3.84. The molecule has 3 aromatic rings. The first-order chi connectivity index (χ1) is 15.2. The van der Waals surface area contributed by atoms with Crippen LogP contribution in [-0.4, -0.2) is 46.0 Å². The highest BCUT2D eigenvalue weighted by molar-refractivity contribution is 5.91. The van der Waals surface area contributed by atoms with Crippen LogP contribution in [0.2, 0.25) is 0 Å². The summed E-state index contributed by atoms with van der Waals surface area (Å²) in [5.74, 6) is 1.27. The van der Waals surface area contributed by atoms with Crippen molar-refractivity contribution in [3.8, 4) is 16.9 Å². The summed E-state index contributed by atoms with van der Waals surface area (Å²) in [6.07, 6.45) is 10.9. The van der Waals surface area contributed by atoms with Crippen LogP contribution in [0.25, 0.3) is 11.1 Å². The molecule has 1 aliphatic carbocycles. The van der Waals surface area contributed by atoms with Gasteiger partial charge >= 0.3 is 0 Å². The number of hydrogen-bond donors (Lipinski definition) is 0. The Hall–Kier alpha value is -3.28. The molecular weight excluding hydrogens is 388 g/mol. The van der Waals surface area contributed by atoms with Gasteiger partial charge in [0.25, 0.3) is 0 Å². The van der Waals surface area contributed by atoms with E-state index in [4.69, 9.17) is 4.74 Å². The second-order valence-corrected chi connectivity index (χ2v) is 8.46. The molecule has 5 rings (SSSR count). The second kappa shape index (κ2) is 8.10. The number of carbonyl (C=O) groups is 1. The van der Waals surface area contributed by atoms with Crippen LogP contribution in [0.1, 0.15) is 42.9 Å². The average molecular weight is 415 g/mol. The molecule has 2 aliphatic rings. The number of benzene rings is 1. The molecule has 1 aromatic carbocycles. The third-order valence-electron chi connectivity index (χ3n) is 6.63. The van der Waals surface area contributed by atoms with Crippen molar-refractivity contribution in [2.24, 2.45) is 0 Å². The Balaban J connectivity index is 1.38. The predicted molar refractivity (Wildman–Crippen MR) is 118 cm³/mol. The molecule has 6 heteroatoms. The quantitative estimate of drug-likeness (QED) is 0.632. The van der Waals surface area contributed by atoms with Crippen molar-refractivity contribution in [3.63, 3.8) is 0 Å². The molecule has 0 N–H and O–H groups in total. The van der Waals surface area contributed by atoms with Crippen LogP contribution in [0.5, 0.6) is 5.75 Å². The highest BCUT2D eigenvalue weighted by Gasteiger charge is 2.53. The second-order valence-electron chi connectivity index (χ2n) is 8.46. The molecule has 1 atom stereocenters. The third-order valence-corrected chi connectivity index (χ3v) is 6.63. The lowest BCUT2D eigenvalue weighted by Gasteiger charge is -2.35. The molecule has 158 valence electrons. The fourth-order valence-electron chi connectivity index (χ4n) is 4.77. The van der Waals surface area contributed by atoms with Gasteiger partial charge in [-0.05, 0) is 61.1 Å². The Morgan fingerprint density at radius 2 is 1.87 bits per heavy atom. The molecule has 6 nitrogen and oxygen atoms in total. The number of ether oxygens (including phenoxy) is 1. The number of rotatable bonds is 5. The smallest absolute Gasteiger partial charge is 0.233 e.